The number of nitrogens with zero attached hydrogens (tertiary/aromatic N) is 1. The van der Waals surface area contributed by atoms with Crippen molar-refractivity contribution in [3.05, 3.63) is 35.4 Å². The zero-order chi connectivity index (χ0) is 18.9. The highest BCUT2D eigenvalue weighted by molar-refractivity contribution is 6.10. The van der Waals surface area contributed by atoms with Crippen molar-refractivity contribution < 1.29 is 19.2 Å². The monoisotopic (exact) mass is 358 g/mol. The van der Waals surface area contributed by atoms with E-state index in [0.29, 0.717) is 19.4 Å². The Kier molecular flexibility index (Phi) is 4.67. The fourth-order valence-electron chi connectivity index (χ4n) is 3.56. The molecule has 1 fully saturated rings. The third-order valence-corrected chi connectivity index (χ3v) is 4.85. The van der Waals surface area contributed by atoms with Crippen molar-refractivity contribution in [2.75, 3.05) is 13.1 Å². The van der Waals surface area contributed by atoms with Crippen LogP contribution in [0.1, 0.15) is 31.4 Å². The molecule has 0 bridgehead atoms. The van der Waals surface area contributed by atoms with Gasteiger partial charge in [0.15, 0.2) is 0 Å². The fourth-order valence-corrected chi connectivity index (χ4v) is 3.56. The first-order valence-electron chi connectivity index (χ1n) is 8.68. The van der Waals surface area contributed by atoms with Gasteiger partial charge >= 0.3 is 6.03 Å². The Bertz CT molecular complexity index is 778. The largest absolute Gasteiger partial charge is 0.355 e. The Balaban J connectivity index is 1.71. The molecule has 0 unspecified atom stereocenters. The highest BCUT2D eigenvalue weighted by Gasteiger charge is 2.55. The Morgan fingerprint density at radius 1 is 1.31 bits per heavy atom. The number of carbonyl (C=O) groups excluding carboxylic acids is 4. The van der Waals surface area contributed by atoms with E-state index in [4.69, 9.17) is 0 Å². The van der Waals surface area contributed by atoms with Crippen LogP contribution < -0.4 is 16.0 Å². The van der Waals surface area contributed by atoms with Gasteiger partial charge in [0.25, 0.3) is 5.91 Å². The molecule has 26 heavy (non-hydrogen) atoms. The van der Waals surface area contributed by atoms with Gasteiger partial charge in [-0.2, -0.15) is 0 Å². The summed E-state index contributed by atoms with van der Waals surface area (Å²) in [5.41, 5.74) is 0.730. The number of imide groups is 1. The first-order chi connectivity index (χ1) is 12.4. The predicted molar refractivity (Wildman–Crippen MR) is 93.0 cm³/mol. The summed E-state index contributed by atoms with van der Waals surface area (Å²) in [4.78, 5) is 50.1. The maximum Gasteiger partial charge on any atom is 0.325 e. The van der Waals surface area contributed by atoms with E-state index in [1.807, 2.05) is 24.3 Å². The number of amides is 5. The van der Waals surface area contributed by atoms with Crippen molar-refractivity contribution in [1.82, 2.24) is 20.9 Å². The molecular weight excluding hydrogens is 336 g/mol. The molecule has 1 aliphatic heterocycles. The number of carbonyl (C=O) groups is 4. The standard InChI is InChI=1S/C18H22N4O4/c1-3-19-15(24)11(2)20-14(23)10-22-16(25)18(21-17(22)26)9-8-12-6-4-5-7-13(12)18/h4-7,11H,3,8-10H2,1-2H3,(H,19,24)(H,20,23)(H,21,26)/t11-,18+/m0/s1. The molecule has 2 aliphatic rings. The first kappa shape index (κ1) is 17.9. The van der Waals surface area contributed by atoms with Gasteiger partial charge in [-0.15, -0.1) is 0 Å². The number of hydrogen-bond acceptors (Lipinski definition) is 4. The van der Waals surface area contributed by atoms with E-state index in [9.17, 15) is 19.2 Å². The van der Waals surface area contributed by atoms with Gasteiger partial charge in [0, 0.05) is 6.54 Å². The van der Waals surface area contributed by atoms with Gasteiger partial charge in [0.05, 0.1) is 0 Å². The molecule has 1 aromatic rings. The number of rotatable bonds is 5. The van der Waals surface area contributed by atoms with Gasteiger partial charge < -0.3 is 16.0 Å². The minimum absolute atomic E-state index is 0.320. The Labute approximate surface area is 151 Å². The van der Waals surface area contributed by atoms with Crippen LogP contribution >= 0.6 is 0 Å². The van der Waals surface area contributed by atoms with Crippen molar-refractivity contribution in [3.63, 3.8) is 0 Å². The van der Waals surface area contributed by atoms with Crippen LogP contribution in [0.3, 0.4) is 0 Å². The summed E-state index contributed by atoms with van der Waals surface area (Å²) in [7, 11) is 0. The average Bonchev–Trinajstić information content (AvgIpc) is 3.09. The number of urea groups is 1. The topological polar surface area (TPSA) is 108 Å². The molecular formula is C18H22N4O4. The summed E-state index contributed by atoms with van der Waals surface area (Å²) in [6.45, 7) is 3.36. The van der Waals surface area contributed by atoms with Crippen molar-refractivity contribution in [2.45, 2.75) is 38.3 Å². The molecule has 0 saturated carbocycles. The van der Waals surface area contributed by atoms with Crippen LogP contribution in [0.4, 0.5) is 4.79 Å². The van der Waals surface area contributed by atoms with Gasteiger partial charge in [-0.3, -0.25) is 19.3 Å². The van der Waals surface area contributed by atoms with Crippen LogP contribution in [-0.2, 0) is 26.3 Å². The molecule has 5 amide bonds. The second kappa shape index (κ2) is 6.78. The molecule has 0 aromatic heterocycles. The van der Waals surface area contributed by atoms with Gasteiger partial charge in [0.2, 0.25) is 11.8 Å². The SMILES string of the molecule is CCNC(=O)[C@H](C)NC(=O)CN1C(=O)N[C@@]2(CCc3ccccc32)C1=O. The van der Waals surface area contributed by atoms with E-state index < -0.39 is 36.0 Å². The van der Waals surface area contributed by atoms with Crippen LogP contribution in [-0.4, -0.2) is 47.8 Å². The molecule has 138 valence electrons. The Morgan fingerprint density at radius 3 is 2.77 bits per heavy atom. The molecule has 8 heteroatoms. The van der Waals surface area contributed by atoms with Crippen LogP contribution in [0.15, 0.2) is 24.3 Å². The van der Waals surface area contributed by atoms with E-state index in [1.165, 1.54) is 0 Å². The Hall–Kier alpha value is -2.90. The van der Waals surface area contributed by atoms with Crippen LogP contribution in [0, 0.1) is 0 Å². The summed E-state index contributed by atoms with van der Waals surface area (Å²) in [6, 6.07) is 6.16. The van der Waals surface area contributed by atoms with Gasteiger partial charge in [-0.1, -0.05) is 24.3 Å². The van der Waals surface area contributed by atoms with E-state index in [1.54, 1.807) is 13.8 Å². The van der Waals surface area contributed by atoms with Gasteiger partial charge in [-0.05, 0) is 37.8 Å². The number of likely N-dealkylation sites (N-methyl/N-ethyl adjacent to an activating group) is 1. The third-order valence-electron chi connectivity index (χ3n) is 4.85. The number of fused-ring (bicyclic) bond motifs is 2. The zero-order valence-corrected chi connectivity index (χ0v) is 14.8. The molecule has 3 N–H and O–H groups in total. The Morgan fingerprint density at radius 2 is 2.04 bits per heavy atom. The number of hydrogen-bond donors (Lipinski definition) is 3. The molecule has 8 nitrogen and oxygen atoms in total. The number of aryl methyl sites for hydroxylation is 1. The van der Waals surface area contributed by atoms with E-state index in [0.717, 1.165) is 16.0 Å². The van der Waals surface area contributed by atoms with Gasteiger partial charge in [0.1, 0.15) is 18.1 Å². The highest BCUT2D eigenvalue weighted by atomic mass is 16.2. The summed E-state index contributed by atoms with van der Waals surface area (Å²) >= 11 is 0. The highest BCUT2D eigenvalue weighted by Crippen LogP contribution is 2.41. The van der Waals surface area contributed by atoms with Crippen LogP contribution in [0.25, 0.3) is 0 Å². The summed E-state index contributed by atoms with van der Waals surface area (Å²) in [5.74, 6) is -1.30. The number of nitrogens with one attached hydrogen (secondary N) is 3. The van der Waals surface area contributed by atoms with E-state index in [2.05, 4.69) is 16.0 Å². The normalized spacial score (nSPS) is 22.2. The average molecular weight is 358 g/mol. The molecule has 1 spiro atoms. The van der Waals surface area contributed by atoms with Crippen molar-refractivity contribution in [2.24, 2.45) is 0 Å². The minimum Gasteiger partial charge on any atom is -0.355 e. The molecule has 1 aliphatic carbocycles. The minimum atomic E-state index is -1.08. The maximum absolute atomic E-state index is 12.9. The quantitative estimate of drug-likeness (QED) is 0.645. The molecule has 1 saturated heterocycles. The smallest absolute Gasteiger partial charge is 0.325 e. The lowest BCUT2D eigenvalue weighted by Crippen LogP contribution is -2.49. The molecule has 3 rings (SSSR count). The van der Waals surface area contributed by atoms with E-state index >= 15 is 0 Å². The number of benzene rings is 1. The van der Waals surface area contributed by atoms with Crippen molar-refractivity contribution >= 4 is 23.8 Å². The summed E-state index contributed by atoms with van der Waals surface area (Å²) < 4.78 is 0. The van der Waals surface area contributed by atoms with Crippen LogP contribution in [0.5, 0.6) is 0 Å². The predicted octanol–water partition coefficient (Wildman–Crippen LogP) is 0.0207. The summed E-state index contributed by atoms with van der Waals surface area (Å²) in [6.07, 6.45) is 1.17. The molecule has 1 heterocycles. The second-order valence-corrected chi connectivity index (χ2v) is 6.57. The molecule has 2 atom stereocenters. The van der Waals surface area contributed by atoms with E-state index in [-0.39, 0.29) is 5.91 Å². The lowest BCUT2D eigenvalue weighted by molar-refractivity contribution is -0.136. The molecule has 1 aromatic carbocycles. The fraction of sp³-hybridized carbons (Fsp3) is 0.444. The van der Waals surface area contributed by atoms with Gasteiger partial charge in [-0.25, -0.2) is 4.79 Å². The lowest BCUT2D eigenvalue weighted by atomic mass is 9.92. The van der Waals surface area contributed by atoms with Crippen molar-refractivity contribution in [3.8, 4) is 0 Å². The summed E-state index contributed by atoms with van der Waals surface area (Å²) in [5, 5.41) is 7.87. The zero-order valence-electron chi connectivity index (χ0n) is 14.8. The second-order valence-electron chi connectivity index (χ2n) is 6.57. The maximum atomic E-state index is 12.9. The molecule has 0 radical (unpaired) electrons. The third kappa shape index (κ3) is 2.91. The lowest BCUT2D eigenvalue weighted by Gasteiger charge is -2.22. The first-order valence-corrected chi connectivity index (χ1v) is 8.68. The van der Waals surface area contributed by atoms with Crippen LogP contribution in [0.2, 0.25) is 0 Å². The van der Waals surface area contributed by atoms with Crippen molar-refractivity contribution in [1.29, 1.82) is 0 Å².